The van der Waals surface area contributed by atoms with Gasteiger partial charge in [-0.15, -0.1) is 11.8 Å². The number of nitrogen functional groups attached to an aromatic ring is 1. The predicted molar refractivity (Wildman–Crippen MR) is 135 cm³/mol. The molecule has 2 unspecified atom stereocenters. The minimum Gasteiger partial charge on any atom is -0.478 e. The van der Waals surface area contributed by atoms with Crippen LogP contribution in [0.3, 0.4) is 0 Å². The van der Waals surface area contributed by atoms with Crippen molar-refractivity contribution in [2.75, 3.05) is 11.5 Å². The van der Waals surface area contributed by atoms with Crippen LogP contribution in [-0.4, -0.2) is 66.1 Å². The van der Waals surface area contributed by atoms with Crippen molar-refractivity contribution in [3.63, 3.8) is 0 Å². The minimum atomic E-state index is -0.985. The Bertz CT molecular complexity index is 1310. The maximum Gasteiger partial charge on any atom is 0.336 e. The van der Waals surface area contributed by atoms with E-state index in [1.165, 1.54) is 23.9 Å². The fraction of sp³-hybridized carbons (Fsp3) is 0.348. The van der Waals surface area contributed by atoms with E-state index in [0.29, 0.717) is 12.3 Å². The molecule has 37 heavy (non-hydrogen) atoms. The van der Waals surface area contributed by atoms with E-state index in [2.05, 4.69) is 19.8 Å². The monoisotopic (exact) mass is 542 g/mol. The third-order valence-corrected chi connectivity index (χ3v) is 7.93. The molecule has 2 aromatic rings. The number of rotatable bonds is 8. The molecule has 4 heterocycles. The number of hydrogen-bond acceptors (Lipinski definition) is 10. The number of pyridine rings is 1. The number of amides is 2. The first-order valence-corrected chi connectivity index (χ1v) is 13.4. The van der Waals surface area contributed by atoms with E-state index in [4.69, 9.17) is 15.7 Å². The highest BCUT2D eigenvalue weighted by Gasteiger charge is 2.50. The second-order valence-corrected chi connectivity index (χ2v) is 10.5. The number of nitrogens with zero attached hydrogens (tertiary/aromatic N) is 5. The van der Waals surface area contributed by atoms with Gasteiger partial charge < -0.3 is 25.9 Å². The fourth-order valence-electron chi connectivity index (χ4n) is 4.10. The molecule has 0 radical (unpaired) electrons. The predicted octanol–water partition coefficient (Wildman–Crippen LogP) is 0.919. The van der Waals surface area contributed by atoms with Gasteiger partial charge in [-0.3, -0.25) is 9.59 Å². The lowest BCUT2D eigenvalue weighted by atomic mass is 10.1. The first kappa shape index (κ1) is 24.9. The van der Waals surface area contributed by atoms with Gasteiger partial charge in [-0.1, -0.05) is 11.2 Å². The maximum atomic E-state index is 13.1. The SMILES string of the molecule is Nc1nc(C(=NOC2C=CCCC2)C(=O)NC2C(=O)N3C=C(C[n+]4ccc(C(=O)O)cc4)CS[C@H]23)ns1. The van der Waals surface area contributed by atoms with Crippen LogP contribution in [0.15, 0.2) is 53.6 Å². The molecule has 4 N–H and O–H groups in total. The summed E-state index contributed by atoms with van der Waals surface area (Å²) < 4.78 is 5.94. The summed E-state index contributed by atoms with van der Waals surface area (Å²) in [6.45, 7) is 0.515. The van der Waals surface area contributed by atoms with Crippen molar-refractivity contribution in [2.24, 2.45) is 5.16 Å². The van der Waals surface area contributed by atoms with Gasteiger partial charge in [0, 0.05) is 41.2 Å². The molecule has 0 saturated carbocycles. The Morgan fingerprint density at radius 2 is 2.16 bits per heavy atom. The quantitative estimate of drug-likeness (QED) is 0.145. The Hall–Kier alpha value is -3.78. The lowest BCUT2D eigenvalue weighted by molar-refractivity contribution is -0.689. The average molecular weight is 543 g/mol. The molecule has 1 fully saturated rings. The zero-order valence-electron chi connectivity index (χ0n) is 19.5. The van der Waals surface area contributed by atoms with Crippen molar-refractivity contribution < 1.29 is 28.9 Å². The molecule has 2 aliphatic heterocycles. The molecule has 2 aromatic heterocycles. The molecular formula is C23H24N7O5S2+. The Labute approximate surface area is 220 Å². The van der Waals surface area contributed by atoms with Gasteiger partial charge in [-0.25, -0.2) is 9.36 Å². The van der Waals surface area contributed by atoms with Crippen molar-refractivity contribution in [2.45, 2.75) is 43.3 Å². The van der Waals surface area contributed by atoms with Gasteiger partial charge in [0.25, 0.3) is 11.8 Å². The number of aromatic carboxylic acids is 1. The molecule has 1 saturated heterocycles. The van der Waals surface area contributed by atoms with Crippen molar-refractivity contribution in [3.05, 3.63) is 59.8 Å². The first-order chi connectivity index (χ1) is 17.9. The van der Waals surface area contributed by atoms with E-state index in [-0.39, 0.29) is 39.6 Å². The topological polar surface area (TPSA) is 164 Å². The number of fused-ring (bicyclic) bond motifs is 1. The molecule has 3 aliphatic rings. The fourth-order valence-corrected chi connectivity index (χ4v) is 5.79. The molecule has 0 spiro atoms. The molecule has 14 heteroatoms. The highest BCUT2D eigenvalue weighted by atomic mass is 32.2. The van der Waals surface area contributed by atoms with E-state index in [1.54, 1.807) is 23.5 Å². The number of anilines is 1. The maximum absolute atomic E-state index is 13.1. The molecule has 5 rings (SSSR count). The van der Waals surface area contributed by atoms with Crippen molar-refractivity contribution >= 4 is 51.9 Å². The lowest BCUT2D eigenvalue weighted by Gasteiger charge is -2.47. The van der Waals surface area contributed by atoms with Gasteiger partial charge in [0.15, 0.2) is 24.1 Å². The number of hydrogen-bond donors (Lipinski definition) is 3. The number of carboxylic acid groups (broad SMARTS) is 1. The smallest absolute Gasteiger partial charge is 0.336 e. The van der Waals surface area contributed by atoms with Crippen LogP contribution in [0.4, 0.5) is 5.13 Å². The first-order valence-electron chi connectivity index (χ1n) is 11.6. The third-order valence-electron chi connectivity index (χ3n) is 6.01. The van der Waals surface area contributed by atoms with Crippen LogP contribution in [0.2, 0.25) is 0 Å². The molecule has 0 aromatic carbocycles. The summed E-state index contributed by atoms with van der Waals surface area (Å²) >= 11 is 2.48. The van der Waals surface area contributed by atoms with Crippen LogP contribution in [-0.2, 0) is 21.0 Å². The number of aromatic nitrogens is 3. The Balaban J connectivity index is 1.24. The van der Waals surface area contributed by atoms with Crippen LogP contribution in [0.25, 0.3) is 0 Å². The van der Waals surface area contributed by atoms with E-state index < -0.39 is 17.9 Å². The summed E-state index contributed by atoms with van der Waals surface area (Å²) in [6, 6.07) is 2.33. The summed E-state index contributed by atoms with van der Waals surface area (Å²) in [4.78, 5) is 48.3. The van der Waals surface area contributed by atoms with Gasteiger partial charge in [-0.05, 0) is 25.3 Å². The van der Waals surface area contributed by atoms with E-state index in [0.717, 1.165) is 36.4 Å². The number of allylic oxidation sites excluding steroid dienone is 1. The third kappa shape index (κ3) is 5.49. The van der Waals surface area contributed by atoms with Crippen LogP contribution in [0.5, 0.6) is 0 Å². The summed E-state index contributed by atoms with van der Waals surface area (Å²) in [6.07, 6.45) is 11.6. The summed E-state index contributed by atoms with van der Waals surface area (Å²) in [5, 5.41) is 15.8. The zero-order valence-corrected chi connectivity index (χ0v) is 21.2. The van der Waals surface area contributed by atoms with Gasteiger partial charge in [0.1, 0.15) is 17.5 Å². The molecule has 3 atom stereocenters. The van der Waals surface area contributed by atoms with Gasteiger partial charge in [0.05, 0.1) is 5.56 Å². The van der Waals surface area contributed by atoms with Crippen molar-refractivity contribution in [3.8, 4) is 0 Å². The van der Waals surface area contributed by atoms with Crippen LogP contribution >= 0.6 is 23.3 Å². The number of carbonyl (C=O) groups excluding carboxylic acids is 2. The van der Waals surface area contributed by atoms with E-state index in [1.807, 2.05) is 16.7 Å². The Morgan fingerprint density at radius 1 is 1.35 bits per heavy atom. The number of β-lactam (4-membered cyclic amide) rings is 1. The Morgan fingerprint density at radius 3 is 2.84 bits per heavy atom. The molecule has 192 valence electrons. The molecule has 1 aliphatic carbocycles. The summed E-state index contributed by atoms with van der Waals surface area (Å²) in [7, 11) is 0. The van der Waals surface area contributed by atoms with Crippen LogP contribution in [0.1, 0.15) is 35.4 Å². The highest BCUT2D eigenvalue weighted by Crippen LogP contribution is 2.36. The number of carbonyl (C=O) groups is 3. The second-order valence-electron chi connectivity index (χ2n) is 8.65. The molecule has 2 amide bonds. The van der Waals surface area contributed by atoms with Gasteiger partial charge >= 0.3 is 5.97 Å². The van der Waals surface area contributed by atoms with E-state index in [9.17, 15) is 14.4 Å². The minimum absolute atomic E-state index is 0.0489. The van der Waals surface area contributed by atoms with Crippen LogP contribution < -0.4 is 15.6 Å². The normalized spacial score (nSPS) is 23.1. The van der Waals surface area contributed by atoms with E-state index >= 15 is 0 Å². The number of nitrogens with two attached hydrogens (primary N) is 1. The summed E-state index contributed by atoms with van der Waals surface area (Å²) in [5.41, 5.74) is 6.77. The van der Waals surface area contributed by atoms with Crippen molar-refractivity contribution in [1.82, 2.24) is 19.6 Å². The zero-order chi connectivity index (χ0) is 25.9. The average Bonchev–Trinajstić information content (AvgIpc) is 3.34. The molecule has 12 nitrogen and oxygen atoms in total. The molecular weight excluding hydrogens is 518 g/mol. The number of carboxylic acids is 1. The van der Waals surface area contributed by atoms with Crippen molar-refractivity contribution in [1.29, 1.82) is 0 Å². The Kier molecular flexibility index (Phi) is 7.19. The van der Waals surface area contributed by atoms with Gasteiger partial charge in [0.2, 0.25) is 11.5 Å². The standard InChI is InChI=1S/C23H23N7O5S2/c24-23-26-18(28-37-23)16(27-35-15-4-2-1-3-5-15)19(31)25-17-20(32)30-11-13(12-36-21(17)30)10-29-8-6-14(7-9-29)22(33)34/h2,4,6-9,11,15,17,21H,1,3,5,10,12H2,(H3-,24,25,26,28,31,33,34)/p+1/t15?,17?,21-/m1/s1. The van der Waals surface area contributed by atoms with Crippen LogP contribution in [0, 0.1) is 0 Å². The number of oxime groups is 1. The van der Waals surface area contributed by atoms with Gasteiger partial charge in [-0.2, -0.15) is 9.36 Å². The lowest BCUT2D eigenvalue weighted by Crippen LogP contribution is -2.69. The largest absolute Gasteiger partial charge is 0.478 e. The highest BCUT2D eigenvalue weighted by molar-refractivity contribution is 8.00. The number of nitrogens with one attached hydrogen (secondary N) is 1. The molecule has 0 bridgehead atoms. The summed E-state index contributed by atoms with van der Waals surface area (Å²) in [5.74, 6) is -1.14. The second kappa shape index (κ2) is 10.7. The number of thioether (sulfide) groups is 1.